The summed E-state index contributed by atoms with van der Waals surface area (Å²) in [4.78, 5) is 4.38. The molecule has 0 fully saturated rings. The minimum atomic E-state index is -0.229. The average Bonchev–Trinajstić information content (AvgIpc) is 2.73. The van der Waals surface area contributed by atoms with Gasteiger partial charge in [0.15, 0.2) is 0 Å². The van der Waals surface area contributed by atoms with Crippen LogP contribution in [-0.2, 0) is 17.2 Å². The van der Waals surface area contributed by atoms with Gasteiger partial charge in [0.25, 0.3) is 0 Å². The van der Waals surface area contributed by atoms with E-state index in [9.17, 15) is 4.39 Å². The molecule has 0 saturated carbocycles. The molecule has 1 heterocycles. The van der Waals surface area contributed by atoms with Crippen molar-refractivity contribution in [1.29, 1.82) is 0 Å². The topological polar surface area (TPSA) is 27.1 Å². The van der Waals surface area contributed by atoms with Crippen LogP contribution in [0.15, 0.2) is 12.1 Å². The highest BCUT2D eigenvalue weighted by Crippen LogP contribution is 2.21. The third-order valence-corrected chi connectivity index (χ3v) is 3.34. The third-order valence-electron chi connectivity index (χ3n) is 3.10. The number of hydrogen-bond donors (Lipinski definition) is 0. The van der Waals surface area contributed by atoms with E-state index < -0.39 is 0 Å². The van der Waals surface area contributed by atoms with Crippen LogP contribution in [0.4, 0.5) is 4.39 Å². The molecule has 19 heavy (non-hydrogen) atoms. The Kier molecular flexibility index (Phi) is 4.77. The van der Waals surface area contributed by atoms with Crippen molar-refractivity contribution >= 4 is 22.6 Å². The standard InChI is InChI=1S/C14H18ClFN2O/c1-3-19-6-4-5-18-13-7-10(2)11(16)8-12(13)17-14(18)9-15/h7-8H,3-6,9H2,1-2H3. The van der Waals surface area contributed by atoms with Crippen molar-refractivity contribution < 1.29 is 9.13 Å². The van der Waals surface area contributed by atoms with Crippen molar-refractivity contribution in [3.63, 3.8) is 0 Å². The van der Waals surface area contributed by atoms with Crippen LogP contribution in [0, 0.1) is 12.7 Å². The monoisotopic (exact) mass is 284 g/mol. The van der Waals surface area contributed by atoms with Gasteiger partial charge in [-0.05, 0) is 31.9 Å². The highest BCUT2D eigenvalue weighted by molar-refractivity contribution is 6.16. The number of nitrogens with zero attached hydrogens (tertiary/aromatic N) is 2. The van der Waals surface area contributed by atoms with Crippen LogP contribution >= 0.6 is 11.6 Å². The van der Waals surface area contributed by atoms with Gasteiger partial charge in [-0.2, -0.15) is 0 Å². The Morgan fingerprint density at radius 3 is 2.89 bits per heavy atom. The van der Waals surface area contributed by atoms with Crippen LogP contribution in [-0.4, -0.2) is 22.8 Å². The molecule has 104 valence electrons. The molecule has 5 heteroatoms. The van der Waals surface area contributed by atoms with E-state index >= 15 is 0 Å². The minimum absolute atomic E-state index is 0.229. The van der Waals surface area contributed by atoms with E-state index in [0.29, 0.717) is 23.6 Å². The van der Waals surface area contributed by atoms with Gasteiger partial charge in [0.2, 0.25) is 0 Å². The van der Waals surface area contributed by atoms with Crippen molar-refractivity contribution in [3.05, 3.63) is 29.3 Å². The van der Waals surface area contributed by atoms with Gasteiger partial charge in [-0.15, -0.1) is 11.6 Å². The first kappa shape index (κ1) is 14.3. The Morgan fingerprint density at radius 2 is 2.21 bits per heavy atom. The summed E-state index contributed by atoms with van der Waals surface area (Å²) in [6.45, 7) is 5.94. The molecule has 0 unspecified atom stereocenters. The second-order valence-electron chi connectivity index (χ2n) is 4.45. The van der Waals surface area contributed by atoms with Crippen molar-refractivity contribution in [1.82, 2.24) is 9.55 Å². The summed E-state index contributed by atoms with van der Waals surface area (Å²) in [6, 6.07) is 3.30. The number of aryl methyl sites for hydroxylation is 2. The van der Waals surface area contributed by atoms with E-state index in [-0.39, 0.29) is 5.82 Å². The number of ether oxygens (including phenoxy) is 1. The maximum atomic E-state index is 13.5. The van der Waals surface area contributed by atoms with Crippen molar-refractivity contribution in [2.45, 2.75) is 32.7 Å². The molecule has 0 amide bonds. The highest BCUT2D eigenvalue weighted by Gasteiger charge is 2.12. The number of benzene rings is 1. The van der Waals surface area contributed by atoms with E-state index in [1.807, 2.05) is 17.6 Å². The summed E-state index contributed by atoms with van der Waals surface area (Å²) in [5, 5.41) is 0. The Hall–Kier alpha value is -1.13. The number of aromatic nitrogens is 2. The number of rotatable bonds is 6. The van der Waals surface area contributed by atoms with Crippen molar-refractivity contribution in [2.75, 3.05) is 13.2 Å². The molecular formula is C14H18ClFN2O. The summed E-state index contributed by atoms with van der Waals surface area (Å²) in [6.07, 6.45) is 0.889. The van der Waals surface area contributed by atoms with Crippen LogP contribution in [0.2, 0.25) is 0 Å². The van der Waals surface area contributed by atoms with Gasteiger partial charge in [-0.3, -0.25) is 0 Å². The van der Waals surface area contributed by atoms with E-state index in [4.69, 9.17) is 16.3 Å². The van der Waals surface area contributed by atoms with Crippen LogP contribution in [0.3, 0.4) is 0 Å². The SMILES string of the molecule is CCOCCCn1c(CCl)nc2cc(F)c(C)cc21. The van der Waals surface area contributed by atoms with Crippen LogP contribution in [0.1, 0.15) is 24.7 Å². The molecule has 0 aliphatic heterocycles. The number of fused-ring (bicyclic) bond motifs is 1. The van der Waals surface area contributed by atoms with Crippen LogP contribution in [0.25, 0.3) is 11.0 Å². The largest absolute Gasteiger partial charge is 0.382 e. The first-order valence-electron chi connectivity index (χ1n) is 6.46. The Balaban J connectivity index is 2.31. The lowest BCUT2D eigenvalue weighted by atomic mass is 10.2. The van der Waals surface area contributed by atoms with Gasteiger partial charge >= 0.3 is 0 Å². The minimum Gasteiger partial charge on any atom is -0.382 e. The summed E-state index contributed by atoms with van der Waals surface area (Å²) in [5.74, 6) is 0.870. The molecule has 1 aromatic heterocycles. The van der Waals surface area contributed by atoms with Crippen molar-refractivity contribution in [2.24, 2.45) is 0 Å². The van der Waals surface area contributed by atoms with Crippen LogP contribution in [0.5, 0.6) is 0 Å². The zero-order valence-electron chi connectivity index (χ0n) is 11.2. The molecule has 2 rings (SSSR count). The third kappa shape index (κ3) is 3.07. The molecule has 1 aromatic carbocycles. The number of halogens is 2. The second kappa shape index (κ2) is 6.35. The smallest absolute Gasteiger partial charge is 0.128 e. The van der Waals surface area contributed by atoms with Gasteiger partial charge in [0, 0.05) is 25.8 Å². The van der Waals surface area contributed by atoms with Gasteiger partial charge in [-0.1, -0.05) is 0 Å². The second-order valence-corrected chi connectivity index (χ2v) is 4.72. The average molecular weight is 285 g/mol. The van der Waals surface area contributed by atoms with E-state index in [0.717, 1.165) is 30.9 Å². The van der Waals surface area contributed by atoms with Crippen LogP contribution < -0.4 is 0 Å². The Bertz CT molecular complexity index is 568. The predicted octanol–water partition coefficient (Wildman–Crippen LogP) is 3.65. The molecule has 0 spiro atoms. The van der Waals surface area contributed by atoms with Gasteiger partial charge in [0.1, 0.15) is 11.6 Å². The maximum Gasteiger partial charge on any atom is 0.128 e. The quantitative estimate of drug-likeness (QED) is 0.598. The lowest BCUT2D eigenvalue weighted by molar-refractivity contribution is 0.142. The number of imidazole rings is 1. The van der Waals surface area contributed by atoms with Gasteiger partial charge in [0.05, 0.1) is 16.9 Å². The summed E-state index contributed by atoms with van der Waals surface area (Å²) < 4.78 is 20.9. The number of alkyl halides is 1. The fraction of sp³-hybridized carbons (Fsp3) is 0.500. The first-order chi connectivity index (χ1) is 9.17. The molecule has 0 aliphatic rings. The summed E-state index contributed by atoms with van der Waals surface area (Å²) in [7, 11) is 0. The lowest BCUT2D eigenvalue weighted by Crippen LogP contribution is -2.06. The molecule has 0 bridgehead atoms. The maximum absolute atomic E-state index is 13.5. The van der Waals surface area contributed by atoms with Crippen molar-refractivity contribution in [3.8, 4) is 0 Å². The molecule has 0 saturated heterocycles. The fourth-order valence-corrected chi connectivity index (χ4v) is 2.32. The van der Waals surface area contributed by atoms with Gasteiger partial charge in [-0.25, -0.2) is 9.37 Å². The zero-order valence-corrected chi connectivity index (χ0v) is 12.0. The lowest BCUT2D eigenvalue weighted by Gasteiger charge is -2.08. The molecule has 3 nitrogen and oxygen atoms in total. The molecule has 2 aromatic rings. The zero-order chi connectivity index (χ0) is 13.8. The van der Waals surface area contributed by atoms with Gasteiger partial charge < -0.3 is 9.30 Å². The van der Waals surface area contributed by atoms with E-state index in [1.54, 1.807) is 6.92 Å². The molecular weight excluding hydrogens is 267 g/mol. The molecule has 0 radical (unpaired) electrons. The fourth-order valence-electron chi connectivity index (χ4n) is 2.12. The molecule has 0 N–H and O–H groups in total. The first-order valence-corrected chi connectivity index (χ1v) is 6.99. The predicted molar refractivity (Wildman–Crippen MR) is 75.1 cm³/mol. The highest BCUT2D eigenvalue weighted by atomic mass is 35.5. The number of hydrogen-bond acceptors (Lipinski definition) is 2. The summed E-state index contributed by atoms with van der Waals surface area (Å²) >= 11 is 5.91. The Morgan fingerprint density at radius 1 is 1.42 bits per heavy atom. The molecule has 0 aliphatic carbocycles. The Labute approximate surface area is 117 Å². The van der Waals surface area contributed by atoms with E-state index in [2.05, 4.69) is 4.98 Å². The molecule has 0 atom stereocenters. The van der Waals surface area contributed by atoms with E-state index in [1.165, 1.54) is 6.07 Å². The normalized spacial score (nSPS) is 11.4. The summed E-state index contributed by atoms with van der Waals surface area (Å²) in [5.41, 5.74) is 2.22.